The summed E-state index contributed by atoms with van der Waals surface area (Å²) in [5.74, 6) is -0.387. The average molecular weight is 251 g/mol. The Balaban J connectivity index is 2.50. The van der Waals surface area contributed by atoms with Crippen molar-refractivity contribution in [3.05, 3.63) is 23.2 Å². The number of hydrogen-bond acceptors (Lipinski definition) is 5. The van der Waals surface area contributed by atoms with Crippen molar-refractivity contribution in [2.24, 2.45) is 7.05 Å². The second-order valence-corrected chi connectivity index (χ2v) is 4.36. The smallest absolute Gasteiger partial charge is 0.341 e. The van der Waals surface area contributed by atoms with Crippen molar-refractivity contribution in [2.75, 3.05) is 12.3 Å². The van der Waals surface area contributed by atoms with Gasteiger partial charge < -0.3 is 10.5 Å². The molecule has 2 heterocycles. The van der Waals surface area contributed by atoms with E-state index in [0.29, 0.717) is 17.2 Å². The van der Waals surface area contributed by atoms with Gasteiger partial charge in [-0.05, 0) is 13.0 Å². The number of rotatable bonds is 3. The van der Waals surface area contributed by atoms with Gasteiger partial charge in [0, 0.05) is 24.2 Å². The van der Waals surface area contributed by atoms with Gasteiger partial charge in [0.2, 0.25) is 0 Å². The first-order valence-corrected chi connectivity index (χ1v) is 6.05. The fourth-order valence-corrected chi connectivity index (χ4v) is 2.41. The SMILES string of the molecule is CCOC(=O)c1c(-c2ccnn2C)csc1N. The van der Waals surface area contributed by atoms with E-state index in [4.69, 9.17) is 10.5 Å². The molecule has 0 unspecified atom stereocenters. The lowest BCUT2D eigenvalue weighted by atomic mass is 10.1. The van der Waals surface area contributed by atoms with Crippen LogP contribution in [0.15, 0.2) is 17.6 Å². The van der Waals surface area contributed by atoms with E-state index in [9.17, 15) is 4.79 Å². The molecule has 6 heteroatoms. The van der Waals surface area contributed by atoms with Crippen molar-refractivity contribution in [1.82, 2.24) is 9.78 Å². The number of esters is 1. The van der Waals surface area contributed by atoms with Crippen LogP contribution in [-0.4, -0.2) is 22.4 Å². The van der Waals surface area contributed by atoms with E-state index in [-0.39, 0.29) is 5.97 Å². The molecule has 17 heavy (non-hydrogen) atoms. The van der Waals surface area contributed by atoms with Crippen LogP contribution >= 0.6 is 11.3 Å². The number of aromatic nitrogens is 2. The largest absolute Gasteiger partial charge is 0.462 e. The van der Waals surface area contributed by atoms with Crippen LogP contribution < -0.4 is 5.73 Å². The zero-order valence-corrected chi connectivity index (χ0v) is 10.5. The summed E-state index contributed by atoms with van der Waals surface area (Å²) in [6, 6.07) is 1.84. The third-order valence-corrected chi connectivity index (χ3v) is 3.21. The number of nitrogens with zero attached hydrogens (tertiary/aromatic N) is 2. The molecular weight excluding hydrogens is 238 g/mol. The minimum absolute atomic E-state index is 0.332. The summed E-state index contributed by atoms with van der Waals surface area (Å²) in [5.41, 5.74) is 7.87. The van der Waals surface area contributed by atoms with Gasteiger partial charge in [0.15, 0.2) is 0 Å². The van der Waals surface area contributed by atoms with Gasteiger partial charge in [0.1, 0.15) is 10.6 Å². The molecule has 2 N–H and O–H groups in total. The van der Waals surface area contributed by atoms with Crippen LogP contribution in [0.4, 0.5) is 5.00 Å². The van der Waals surface area contributed by atoms with E-state index >= 15 is 0 Å². The Morgan fingerprint density at radius 1 is 1.65 bits per heavy atom. The van der Waals surface area contributed by atoms with Gasteiger partial charge in [0.05, 0.1) is 12.3 Å². The molecular formula is C11H13N3O2S. The van der Waals surface area contributed by atoms with E-state index < -0.39 is 0 Å². The second kappa shape index (κ2) is 4.58. The highest BCUT2D eigenvalue weighted by molar-refractivity contribution is 7.14. The van der Waals surface area contributed by atoms with Gasteiger partial charge in [-0.1, -0.05) is 0 Å². The van der Waals surface area contributed by atoms with E-state index in [2.05, 4.69) is 5.10 Å². The topological polar surface area (TPSA) is 70.1 Å². The zero-order valence-electron chi connectivity index (χ0n) is 9.64. The minimum Gasteiger partial charge on any atom is -0.462 e. The number of nitrogens with two attached hydrogens (primary N) is 1. The first kappa shape index (κ1) is 11.7. The average Bonchev–Trinajstić information content (AvgIpc) is 2.84. The highest BCUT2D eigenvalue weighted by atomic mass is 32.1. The molecule has 0 spiro atoms. The molecule has 2 aromatic rings. The van der Waals surface area contributed by atoms with Gasteiger partial charge in [-0.15, -0.1) is 11.3 Å². The summed E-state index contributed by atoms with van der Waals surface area (Å²) in [6.07, 6.45) is 1.68. The molecule has 0 radical (unpaired) electrons. The number of carbonyl (C=O) groups excluding carboxylic acids is 1. The maximum Gasteiger partial charge on any atom is 0.341 e. The van der Waals surface area contributed by atoms with E-state index in [1.165, 1.54) is 11.3 Å². The van der Waals surface area contributed by atoms with Crippen molar-refractivity contribution in [3.8, 4) is 11.3 Å². The number of carbonyl (C=O) groups is 1. The molecule has 0 aliphatic rings. The Morgan fingerprint density at radius 3 is 3.00 bits per heavy atom. The van der Waals surface area contributed by atoms with Crippen LogP contribution in [0.5, 0.6) is 0 Å². The third kappa shape index (κ3) is 2.03. The molecule has 0 aliphatic carbocycles. The van der Waals surface area contributed by atoms with E-state index in [0.717, 1.165) is 11.3 Å². The van der Waals surface area contributed by atoms with E-state index in [1.807, 2.05) is 18.5 Å². The standard InChI is InChI=1S/C11H13N3O2S/c1-3-16-11(15)9-7(6-17-10(9)12)8-4-5-13-14(8)2/h4-6H,3,12H2,1-2H3. The highest BCUT2D eigenvalue weighted by Gasteiger charge is 2.21. The Hall–Kier alpha value is -1.82. The number of anilines is 1. The number of nitrogen functional groups attached to an aromatic ring is 1. The quantitative estimate of drug-likeness (QED) is 0.846. The van der Waals surface area contributed by atoms with Crippen LogP contribution in [0.1, 0.15) is 17.3 Å². The molecule has 0 amide bonds. The monoisotopic (exact) mass is 251 g/mol. The van der Waals surface area contributed by atoms with Crippen LogP contribution in [0.2, 0.25) is 0 Å². The minimum atomic E-state index is -0.387. The first-order valence-electron chi connectivity index (χ1n) is 5.17. The summed E-state index contributed by atoms with van der Waals surface area (Å²) in [6.45, 7) is 2.10. The van der Waals surface area contributed by atoms with Crippen LogP contribution in [0, 0.1) is 0 Å². The number of hydrogen-bond donors (Lipinski definition) is 1. The van der Waals surface area contributed by atoms with Crippen LogP contribution in [-0.2, 0) is 11.8 Å². The molecule has 0 fully saturated rings. The Kier molecular flexibility index (Phi) is 3.14. The molecule has 0 aliphatic heterocycles. The van der Waals surface area contributed by atoms with Crippen molar-refractivity contribution in [1.29, 1.82) is 0 Å². The molecule has 5 nitrogen and oxygen atoms in total. The number of aryl methyl sites for hydroxylation is 1. The molecule has 90 valence electrons. The molecule has 0 atom stereocenters. The molecule has 0 bridgehead atoms. The Bertz CT molecular complexity index is 545. The van der Waals surface area contributed by atoms with Crippen molar-refractivity contribution in [2.45, 2.75) is 6.92 Å². The summed E-state index contributed by atoms with van der Waals surface area (Å²) < 4.78 is 6.70. The molecule has 0 saturated carbocycles. The lowest BCUT2D eigenvalue weighted by Crippen LogP contribution is -2.08. The molecule has 2 rings (SSSR count). The third-order valence-electron chi connectivity index (χ3n) is 2.40. The number of ether oxygens (including phenoxy) is 1. The van der Waals surface area contributed by atoms with Gasteiger partial charge >= 0.3 is 5.97 Å². The maximum atomic E-state index is 11.8. The Morgan fingerprint density at radius 2 is 2.41 bits per heavy atom. The summed E-state index contributed by atoms with van der Waals surface area (Å²) in [4.78, 5) is 11.8. The van der Waals surface area contributed by atoms with Gasteiger partial charge in [-0.2, -0.15) is 5.10 Å². The predicted molar refractivity (Wildman–Crippen MR) is 66.9 cm³/mol. The fraction of sp³-hybridized carbons (Fsp3) is 0.273. The second-order valence-electron chi connectivity index (χ2n) is 3.45. The van der Waals surface area contributed by atoms with Gasteiger partial charge in [-0.25, -0.2) is 4.79 Å². The predicted octanol–water partition coefficient (Wildman–Crippen LogP) is 1.91. The Labute approximate surface area is 103 Å². The normalized spacial score (nSPS) is 10.5. The van der Waals surface area contributed by atoms with Crippen molar-refractivity contribution >= 4 is 22.3 Å². The maximum absolute atomic E-state index is 11.8. The lowest BCUT2D eigenvalue weighted by molar-refractivity contribution is 0.0529. The molecule has 0 aromatic carbocycles. The first-order chi connectivity index (χ1) is 8.15. The summed E-state index contributed by atoms with van der Waals surface area (Å²) >= 11 is 1.33. The van der Waals surface area contributed by atoms with Crippen molar-refractivity contribution in [3.63, 3.8) is 0 Å². The van der Waals surface area contributed by atoms with Gasteiger partial charge in [0.25, 0.3) is 0 Å². The van der Waals surface area contributed by atoms with Gasteiger partial charge in [-0.3, -0.25) is 4.68 Å². The van der Waals surface area contributed by atoms with Crippen molar-refractivity contribution < 1.29 is 9.53 Å². The summed E-state index contributed by atoms with van der Waals surface area (Å²) in [7, 11) is 1.82. The highest BCUT2D eigenvalue weighted by Crippen LogP contribution is 2.33. The number of thiophene rings is 1. The lowest BCUT2D eigenvalue weighted by Gasteiger charge is -2.05. The van der Waals surface area contributed by atoms with Crippen LogP contribution in [0.3, 0.4) is 0 Å². The van der Waals surface area contributed by atoms with Crippen LogP contribution in [0.25, 0.3) is 11.3 Å². The molecule has 2 aromatic heterocycles. The molecule has 0 saturated heterocycles. The van der Waals surface area contributed by atoms with E-state index in [1.54, 1.807) is 17.8 Å². The fourth-order valence-electron chi connectivity index (χ4n) is 1.61. The summed E-state index contributed by atoms with van der Waals surface area (Å²) in [5, 5.41) is 6.39. The zero-order chi connectivity index (χ0) is 12.4.